The molecule has 2 heterocycles. The zero-order valence-electron chi connectivity index (χ0n) is 8.25. The number of hydrogen-bond acceptors (Lipinski definition) is 4. The van der Waals surface area contributed by atoms with Crippen molar-refractivity contribution in [3.8, 4) is 11.3 Å². The zero-order chi connectivity index (χ0) is 11.7. The van der Waals surface area contributed by atoms with Gasteiger partial charge in [-0.15, -0.1) is 0 Å². The molecule has 0 radical (unpaired) electrons. The number of aromatic carboxylic acids is 1. The second-order valence-electron chi connectivity index (χ2n) is 3.12. The van der Waals surface area contributed by atoms with Crippen LogP contribution in [0.3, 0.4) is 0 Å². The van der Waals surface area contributed by atoms with Gasteiger partial charge in [0.05, 0.1) is 11.9 Å². The quantitative estimate of drug-likeness (QED) is 0.642. The molecule has 84 valence electrons. The van der Waals surface area contributed by atoms with Crippen molar-refractivity contribution in [3.05, 3.63) is 29.4 Å². The van der Waals surface area contributed by atoms with E-state index in [1.165, 1.54) is 6.07 Å². The first-order valence-electron chi connectivity index (χ1n) is 4.33. The third-order valence-electron chi connectivity index (χ3n) is 1.92. The minimum absolute atomic E-state index is 0. The molecular formula is C9H8ClKN4O2. The standard InChI is InChI=1S/C9H7ClN4O2.K.H/c1-14-4-5(3-11-14)6-2-7(8(15)16)13-9(10)12-6;;/h2-4H,1H3,(H,15,16);;. The molecule has 0 aliphatic heterocycles. The number of aromatic nitrogens is 4. The van der Waals surface area contributed by atoms with Gasteiger partial charge in [-0.3, -0.25) is 4.68 Å². The number of nitrogens with zero attached hydrogens (tertiary/aromatic N) is 4. The third kappa shape index (κ3) is 3.57. The van der Waals surface area contributed by atoms with Gasteiger partial charge >= 0.3 is 57.4 Å². The van der Waals surface area contributed by atoms with Crippen molar-refractivity contribution in [2.45, 2.75) is 0 Å². The van der Waals surface area contributed by atoms with E-state index in [0.717, 1.165) is 0 Å². The molecule has 2 rings (SSSR count). The van der Waals surface area contributed by atoms with Gasteiger partial charge in [-0.05, 0) is 17.7 Å². The summed E-state index contributed by atoms with van der Waals surface area (Å²) < 4.78 is 1.59. The Hall–Kier alpha value is -0.314. The van der Waals surface area contributed by atoms with Crippen molar-refractivity contribution in [2.75, 3.05) is 0 Å². The van der Waals surface area contributed by atoms with Crippen molar-refractivity contribution in [1.82, 2.24) is 19.7 Å². The van der Waals surface area contributed by atoms with Crippen LogP contribution < -0.4 is 0 Å². The van der Waals surface area contributed by atoms with Crippen molar-refractivity contribution in [2.24, 2.45) is 7.05 Å². The molecule has 0 saturated heterocycles. The van der Waals surface area contributed by atoms with E-state index in [9.17, 15) is 4.79 Å². The Morgan fingerprint density at radius 2 is 2.18 bits per heavy atom. The van der Waals surface area contributed by atoms with E-state index < -0.39 is 5.97 Å². The topological polar surface area (TPSA) is 80.9 Å². The Bertz CT molecular complexity index is 558. The van der Waals surface area contributed by atoms with Crippen LogP contribution in [0.25, 0.3) is 11.3 Å². The van der Waals surface area contributed by atoms with Gasteiger partial charge in [0.25, 0.3) is 0 Å². The summed E-state index contributed by atoms with van der Waals surface area (Å²) in [5.74, 6) is -1.14. The fourth-order valence-electron chi connectivity index (χ4n) is 1.23. The van der Waals surface area contributed by atoms with Crippen LogP contribution >= 0.6 is 11.6 Å². The Morgan fingerprint density at radius 3 is 2.71 bits per heavy atom. The summed E-state index contributed by atoms with van der Waals surface area (Å²) in [6.45, 7) is 0. The van der Waals surface area contributed by atoms with E-state index in [-0.39, 0.29) is 62.4 Å². The van der Waals surface area contributed by atoms with Gasteiger partial charge < -0.3 is 5.11 Å². The average molecular weight is 279 g/mol. The molecular weight excluding hydrogens is 271 g/mol. The Labute approximate surface area is 144 Å². The summed E-state index contributed by atoms with van der Waals surface area (Å²) in [4.78, 5) is 18.3. The van der Waals surface area contributed by atoms with Gasteiger partial charge in [0.1, 0.15) is 0 Å². The van der Waals surface area contributed by atoms with Crippen LogP contribution in [-0.4, -0.2) is 82.2 Å². The molecule has 0 unspecified atom stereocenters. The first-order valence-corrected chi connectivity index (χ1v) is 4.71. The molecule has 0 aliphatic rings. The molecule has 0 spiro atoms. The molecule has 2 aromatic heterocycles. The molecule has 0 aliphatic carbocycles. The summed E-state index contributed by atoms with van der Waals surface area (Å²) in [7, 11) is 1.75. The molecule has 0 fully saturated rings. The summed E-state index contributed by atoms with van der Waals surface area (Å²) in [6.07, 6.45) is 3.29. The summed E-state index contributed by atoms with van der Waals surface area (Å²) >= 11 is 5.64. The number of carbonyl (C=O) groups is 1. The van der Waals surface area contributed by atoms with Crippen molar-refractivity contribution in [3.63, 3.8) is 0 Å². The number of aryl methyl sites for hydroxylation is 1. The van der Waals surface area contributed by atoms with E-state index in [1.807, 2.05) is 0 Å². The predicted octanol–water partition coefficient (Wildman–Crippen LogP) is 0.580. The molecule has 8 heteroatoms. The van der Waals surface area contributed by atoms with Crippen molar-refractivity contribution < 1.29 is 9.90 Å². The molecule has 0 atom stereocenters. The van der Waals surface area contributed by atoms with Gasteiger partial charge in [0.15, 0.2) is 5.69 Å². The van der Waals surface area contributed by atoms with Gasteiger partial charge in [-0.1, -0.05) is 0 Å². The number of halogens is 1. The van der Waals surface area contributed by atoms with Gasteiger partial charge in [-0.25, -0.2) is 14.8 Å². The predicted molar refractivity (Wildman–Crippen MR) is 63.4 cm³/mol. The van der Waals surface area contributed by atoms with Gasteiger partial charge in [0.2, 0.25) is 5.28 Å². The molecule has 0 amide bonds. The molecule has 0 bridgehead atoms. The maximum absolute atomic E-state index is 10.8. The van der Waals surface area contributed by atoms with Crippen LogP contribution in [0.4, 0.5) is 0 Å². The normalized spacial score (nSPS) is 9.76. The van der Waals surface area contributed by atoms with Gasteiger partial charge in [-0.2, -0.15) is 5.10 Å². The third-order valence-corrected chi connectivity index (χ3v) is 2.09. The summed E-state index contributed by atoms with van der Waals surface area (Å²) in [6, 6.07) is 1.35. The minimum atomic E-state index is -1.14. The molecule has 0 saturated carbocycles. The molecule has 1 N–H and O–H groups in total. The molecule has 2 aromatic rings. The second-order valence-corrected chi connectivity index (χ2v) is 3.45. The van der Waals surface area contributed by atoms with Crippen LogP contribution in [-0.2, 0) is 7.05 Å². The van der Waals surface area contributed by atoms with E-state index in [1.54, 1.807) is 24.1 Å². The fourth-order valence-corrected chi connectivity index (χ4v) is 1.41. The van der Waals surface area contributed by atoms with Crippen LogP contribution in [0.2, 0.25) is 5.28 Å². The molecule has 6 nitrogen and oxygen atoms in total. The average Bonchev–Trinajstić information content (AvgIpc) is 2.64. The number of carboxylic acids is 1. The van der Waals surface area contributed by atoms with E-state index in [4.69, 9.17) is 16.7 Å². The number of carboxylic acid groups (broad SMARTS) is 1. The van der Waals surface area contributed by atoms with E-state index >= 15 is 0 Å². The van der Waals surface area contributed by atoms with Crippen LogP contribution in [0, 0.1) is 0 Å². The Balaban J connectivity index is 0.00000144. The van der Waals surface area contributed by atoms with Crippen LogP contribution in [0.1, 0.15) is 10.5 Å². The molecule has 0 aromatic carbocycles. The SMILES string of the molecule is Cn1cc(-c2cc(C(=O)O)nc(Cl)n2)cn1.[KH]. The fraction of sp³-hybridized carbons (Fsp3) is 0.111. The Kier molecular flexibility index (Phi) is 5.23. The monoisotopic (exact) mass is 278 g/mol. The maximum atomic E-state index is 10.8. The summed E-state index contributed by atoms with van der Waals surface area (Å²) in [5, 5.41) is 12.7. The van der Waals surface area contributed by atoms with Crippen molar-refractivity contribution >= 4 is 69.0 Å². The van der Waals surface area contributed by atoms with Crippen LogP contribution in [0.5, 0.6) is 0 Å². The summed E-state index contributed by atoms with van der Waals surface area (Å²) in [5.41, 5.74) is 0.985. The number of hydrogen-bond donors (Lipinski definition) is 1. The van der Waals surface area contributed by atoms with Gasteiger partial charge in [0, 0.05) is 18.8 Å². The first-order chi connectivity index (χ1) is 7.56. The zero-order valence-corrected chi connectivity index (χ0v) is 9.01. The second kappa shape index (κ2) is 6.03. The van der Waals surface area contributed by atoms with Crippen molar-refractivity contribution in [1.29, 1.82) is 0 Å². The molecule has 17 heavy (non-hydrogen) atoms. The van der Waals surface area contributed by atoms with E-state index in [2.05, 4.69) is 15.1 Å². The van der Waals surface area contributed by atoms with E-state index in [0.29, 0.717) is 11.3 Å². The first kappa shape index (κ1) is 14.7. The van der Waals surface area contributed by atoms with Crippen LogP contribution in [0.15, 0.2) is 18.5 Å². The number of rotatable bonds is 2. The Morgan fingerprint density at radius 1 is 1.47 bits per heavy atom.